The Balaban J connectivity index is 0.00000288. The van der Waals surface area contributed by atoms with Gasteiger partial charge in [0, 0.05) is 32.7 Å². The second-order valence-corrected chi connectivity index (χ2v) is 5.78. The number of nitrogens with one attached hydrogen (secondary N) is 2. The first-order valence-electron chi connectivity index (χ1n) is 8.72. The van der Waals surface area contributed by atoms with Crippen LogP contribution in [0.4, 0.5) is 0 Å². The Kier molecular flexibility index (Phi) is 11.0. The van der Waals surface area contributed by atoms with Crippen molar-refractivity contribution in [3.63, 3.8) is 0 Å². The third-order valence-electron chi connectivity index (χ3n) is 3.91. The molecule has 1 aliphatic rings. The number of aliphatic imine (C=N–C) groups is 1. The average molecular weight is 446 g/mol. The molecule has 0 spiro atoms. The topological polar surface area (TPSA) is 48.9 Å². The molecule has 1 aromatic carbocycles. The maximum atomic E-state index is 5.43. The zero-order valence-electron chi connectivity index (χ0n) is 14.9. The van der Waals surface area contributed by atoms with Gasteiger partial charge in [0.25, 0.3) is 0 Å². The maximum absolute atomic E-state index is 5.43. The van der Waals surface area contributed by atoms with Crippen molar-refractivity contribution in [2.24, 2.45) is 4.99 Å². The SMILES string of the molecule is CCCNC(=NCc1ccccc1CN1CCOCC1)NCC.I. The molecule has 6 heteroatoms. The van der Waals surface area contributed by atoms with Crippen LogP contribution in [0.5, 0.6) is 0 Å². The molecule has 2 rings (SSSR count). The predicted octanol–water partition coefficient (Wildman–Crippen LogP) is 2.60. The third-order valence-corrected chi connectivity index (χ3v) is 3.91. The van der Waals surface area contributed by atoms with E-state index in [1.807, 2.05) is 0 Å². The van der Waals surface area contributed by atoms with Crippen molar-refractivity contribution in [3.05, 3.63) is 35.4 Å². The highest BCUT2D eigenvalue weighted by atomic mass is 127. The largest absolute Gasteiger partial charge is 0.379 e. The Morgan fingerprint density at radius 2 is 1.83 bits per heavy atom. The van der Waals surface area contributed by atoms with E-state index in [1.165, 1.54) is 11.1 Å². The molecule has 0 aromatic heterocycles. The van der Waals surface area contributed by atoms with Crippen LogP contribution in [0.15, 0.2) is 29.3 Å². The second-order valence-electron chi connectivity index (χ2n) is 5.78. The molecule has 0 amide bonds. The van der Waals surface area contributed by atoms with E-state index in [4.69, 9.17) is 9.73 Å². The molecule has 1 aliphatic heterocycles. The summed E-state index contributed by atoms with van der Waals surface area (Å²) in [6.45, 7) is 11.5. The van der Waals surface area contributed by atoms with Crippen LogP contribution in [0.25, 0.3) is 0 Å². The minimum Gasteiger partial charge on any atom is -0.379 e. The van der Waals surface area contributed by atoms with Gasteiger partial charge >= 0.3 is 0 Å². The summed E-state index contributed by atoms with van der Waals surface area (Å²) in [4.78, 5) is 7.18. The summed E-state index contributed by atoms with van der Waals surface area (Å²) in [5.41, 5.74) is 2.66. The van der Waals surface area contributed by atoms with Crippen LogP contribution in [0, 0.1) is 0 Å². The summed E-state index contributed by atoms with van der Waals surface area (Å²) in [5.74, 6) is 0.899. The monoisotopic (exact) mass is 446 g/mol. The van der Waals surface area contributed by atoms with E-state index < -0.39 is 0 Å². The molecule has 1 fully saturated rings. The summed E-state index contributed by atoms with van der Waals surface area (Å²) < 4.78 is 5.43. The van der Waals surface area contributed by atoms with Crippen LogP contribution in [0.3, 0.4) is 0 Å². The summed E-state index contributed by atoms with van der Waals surface area (Å²) in [7, 11) is 0. The first-order valence-corrected chi connectivity index (χ1v) is 8.72. The Labute approximate surface area is 163 Å². The molecule has 5 nitrogen and oxygen atoms in total. The molecule has 0 bridgehead atoms. The Bertz CT molecular complexity index is 490. The molecule has 2 N–H and O–H groups in total. The van der Waals surface area contributed by atoms with Crippen LogP contribution in [0.1, 0.15) is 31.4 Å². The van der Waals surface area contributed by atoms with Crippen LogP contribution in [-0.4, -0.2) is 50.3 Å². The molecule has 1 heterocycles. The quantitative estimate of drug-likeness (QED) is 0.384. The van der Waals surface area contributed by atoms with Gasteiger partial charge in [-0.3, -0.25) is 4.90 Å². The van der Waals surface area contributed by atoms with Crippen molar-refractivity contribution < 1.29 is 4.74 Å². The van der Waals surface area contributed by atoms with Crippen molar-refractivity contribution >= 4 is 29.9 Å². The molecule has 1 saturated heterocycles. The number of ether oxygens (including phenoxy) is 1. The zero-order chi connectivity index (χ0) is 16.3. The van der Waals surface area contributed by atoms with Gasteiger partial charge in [-0.15, -0.1) is 24.0 Å². The van der Waals surface area contributed by atoms with Gasteiger partial charge in [0.15, 0.2) is 5.96 Å². The van der Waals surface area contributed by atoms with Crippen LogP contribution in [0.2, 0.25) is 0 Å². The highest BCUT2D eigenvalue weighted by Crippen LogP contribution is 2.14. The van der Waals surface area contributed by atoms with Crippen molar-refractivity contribution in [3.8, 4) is 0 Å². The number of morpholine rings is 1. The van der Waals surface area contributed by atoms with E-state index in [1.54, 1.807) is 0 Å². The summed E-state index contributed by atoms with van der Waals surface area (Å²) in [5, 5.41) is 6.65. The number of halogens is 1. The number of nitrogens with zero attached hydrogens (tertiary/aromatic N) is 2. The molecular formula is C18H31IN4O. The number of hydrogen-bond donors (Lipinski definition) is 2. The van der Waals surface area contributed by atoms with Crippen LogP contribution >= 0.6 is 24.0 Å². The van der Waals surface area contributed by atoms with Crippen LogP contribution in [-0.2, 0) is 17.8 Å². The highest BCUT2D eigenvalue weighted by molar-refractivity contribution is 14.0. The average Bonchev–Trinajstić information content (AvgIpc) is 2.59. The fourth-order valence-electron chi connectivity index (χ4n) is 2.62. The van der Waals surface area contributed by atoms with Crippen molar-refractivity contribution in [1.82, 2.24) is 15.5 Å². The van der Waals surface area contributed by atoms with Gasteiger partial charge in [-0.05, 0) is 24.5 Å². The van der Waals surface area contributed by atoms with Gasteiger partial charge in [0.05, 0.1) is 19.8 Å². The lowest BCUT2D eigenvalue weighted by atomic mass is 10.1. The summed E-state index contributed by atoms with van der Waals surface area (Å²) in [6.07, 6.45) is 1.10. The van der Waals surface area contributed by atoms with E-state index >= 15 is 0 Å². The zero-order valence-corrected chi connectivity index (χ0v) is 17.2. The Morgan fingerprint density at radius 3 is 2.50 bits per heavy atom. The van der Waals surface area contributed by atoms with Crippen LogP contribution < -0.4 is 10.6 Å². The molecule has 0 radical (unpaired) electrons. The Morgan fingerprint density at radius 1 is 1.12 bits per heavy atom. The number of benzene rings is 1. The van der Waals surface area contributed by atoms with E-state index in [0.29, 0.717) is 6.54 Å². The normalized spacial score (nSPS) is 15.7. The molecule has 0 atom stereocenters. The maximum Gasteiger partial charge on any atom is 0.191 e. The van der Waals surface area contributed by atoms with Gasteiger partial charge in [0.1, 0.15) is 0 Å². The predicted molar refractivity (Wildman–Crippen MR) is 111 cm³/mol. The standard InChI is InChI=1S/C18H30N4O.HI/c1-3-9-20-18(19-4-2)21-14-16-7-5-6-8-17(16)15-22-10-12-23-13-11-22;/h5-8H,3-4,9-15H2,1-2H3,(H2,19,20,21);1H. The van der Waals surface area contributed by atoms with Crippen molar-refractivity contribution in [1.29, 1.82) is 0 Å². The summed E-state index contributed by atoms with van der Waals surface area (Å²) >= 11 is 0. The molecule has 24 heavy (non-hydrogen) atoms. The van der Waals surface area contributed by atoms with Gasteiger partial charge in [-0.1, -0.05) is 31.2 Å². The van der Waals surface area contributed by atoms with Gasteiger partial charge in [-0.25, -0.2) is 4.99 Å². The summed E-state index contributed by atoms with van der Waals surface area (Å²) in [6, 6.07) is 8.61. The number of guanidine groups is 1. The minimum atomic E-state index is 0. The van der Waals surface area contributed by atoms with E-state index in [2.05, 4.69) is 53.6 Å². The minimum absolute atomic E-state index is 0. The molecular weight excluding hydrogens is 415 g/mol. The highest BCUT2D eigenvalue weighted by Gasteiger charge is 2.12. The first-order chi connectivity index (χ1) is 11.3. The van der Waals surface area contributed by atoms with E-state index in [0.717, 1.165) is 58.3 Å². The first kappa shape index (κ1) is 21.2. The Hall–Kier alpha value is -0.860. The number of rotatable bonds is 7. The molecule has 136 valence electrons. The lowest BCUT2D eigenvalue weighted by Gasteiger charge is -2.27. The van der Waals surface area contributed by atoms with Gasteiger partial charge in [0.2, 0.25) is 0 Å². The lowest BCUT2D eigenvalue weighted by molar-refractivity contribution is 0.0341. The molecule has 0 unspecified atom stereocenters. The van der Waals surface area contributed by atoms with Gasteiger partial charge in [-0.2, -0.15) is 0 Å². The van der Waals surface area contributed by atoms with E-state index in [-0.39, 0.29) is 24.0 Å². The van der Waals surface area contributed by atoms with Gasteiger partial charge < -0.3 is 15.4 Å². The smallest absolute Gasteiger partial charge is 0.191 e. The number of hydrogen-bond acceptors (Lipinski definition) is 3. The molecule has 0 saturated carbocycles. The van der Waals surface area contributed by atoms with Crippen molar-refractivity contribution in [2.45, 2.75) is 33.4 Å². The second kappa shape index (κ2) is 12.5. The fraction of sp³-hybridized carbons (Fsp3) is 0.611. The fourth-order valence-corrected chi connectivity index (χ4v) is 2.62. The molecule has 1 aromatic rings. The third kappa shape index (κ3) is 7.36. The molecule has 0 aliphatic carbocycles. The lowest BCUT2D eigenvalue weighted by Crippen LogP contribution is -2.37. The van der Waals surface area contributed by atoms with Crippen molar-refractivity contribution in [2.75, 3.05) is 39.4 Å². The van der Waals surface area contributed by atoms with E-state index in [9.17, 15) is 0 Å².